The molecule has 0 spiro atoms. The van der Waals surface area contributed by atoms with Gasteiger partial charge in [0.05, 0.1) is 13.2 Å². The molecular formula is C13H17NO. The standard InChI is InChI=1S/C13H17NO/c1-5-10(2)14-11(3)12-7-6-8-13(9-12)15-4/h1,6-11,14H,2-4H3/t10?,11-/m0/s1. The topological polar surface area (TPSA) is 21.3 Å². The van der Waals surface area contributed by atoms with Crippen molar-refractivity contribution in [1.82, 2.24) is 5.32 Å². The molecule has 0 aromatic heterocycles. The highest BCUT2D eigenvalue weighted by atomic mass is 16.5. The average Bonchev–Trinajstić information content (AvgIpc) is 2.28. The summed E-state index contributed by atoms with van der Waals surface area (Å²) in [5, 5.41) is 3.31. The van der Waals surface area contributed by atoms with Crippen LogP contribution in [0.4, 0.5) is 0 Å². The van der Waals surface area contributed by atoms with Gasteiger partial charge in [-0.1, -0.05) is 18.1 Å². The summed E-state index contributed by atoms with van der Waals surface area (Å²) in [5.74, 6) is 3.52. The van der Waals surface area contributed by atoms with Gasteiger partial charge in [0.1, 0.15) is 5.75 Å². The van der Waals surface area contributed by atoms with Crippen molar-refractivity contribution in [1.29, 1.82) is 0 Å². The SMILES string of the molecule is C#CC(C)N[C@@H](C)c1cccc(OC)c1. The molecule has 1 unspecified atom stereocenters. The molecule has 0 fully saturated rings. The quantitative estimate of drug-likeness (QED) is 0.758. The van der Waals surface area contributed by atoms with Crippen molar-refractivity contribution < 1.29 is 4.74 Å². The van der Waals surface area contributed by atoms with Crippen LogP contribution in [0.2, 0.25) is 0 Å². The van der Waals surface area contributed by atoms with Crippen LogP contribution >= 0.6 is 0 Å². The Labute approximate surface area is 91.6 Å². The van der Waals surface area contributed by atoms with Crippen LogP contribution in [-0.4, -0.2) is 13.2 Å². The predicted octanol–water partition coefficient (Wildman–Crippen LogP) is 2.37. The molecule has 0 radical (unpaired) electrons. The monoisotopic (exact) mass is 203 g/mol. The summed E-state index contributed by atoms with van der Waals surface area (Å²) in [7, 11) is 1.67. The predicted molar refractivity (Wildman–Crippen MR) is 62.8 cm³/mol. The minimum Gasteiger partial charge on any atom is -0.497 e. The fourth-order valence-electron chi connectivity index (χ4n) is 1.43. The lowest BCUT2D eigenvalue weighted by molar-refractivity contribution is 0.413. The summed E-state index contributed by atoms with van der Waals surface area (Å²) in [6.07, 6.45) is 5.32. The maximum Gasteiger partial charge on any atom is 0.119 e. The van der Waals surface area contributed by atoms with Crippen molar-refractivity contribution in [2.24, 2.45) is 0 Å². The van der Waals surface area contributed by atoms with Crippen LogP contribution in [0.1, 0.15) is 25.5 Å². The molecule has 2 atom stereocenters. The molecule has 0 saturated carbocycles. The zero-order valence-electron chi connectivity index (χ0n) is 9.45. The second kappa shape index (κ2) is 5.43. The Kier molecular flexibility index (Phi) is 4.20. The minimum atomic E-state index is 0.0752. The average molecular weight is 203 g/mol. The largest absolute Gasteiger partial charge is 0.497 e. The molecule has 0 amide bonds. The van der Waals surface area contributed by atoms with E-state index >= 15 is 0 Å². The van der Waals surface area contributed by atoms with Crippen molar-refractivity contribution in [2.45, 2.75) is 25.9 Å². The molecule has 1 aromatic rings. The lowest BCUT2D eigenvalue weighted by Crippen LogP contribution is -2.27. The van der Waals surface area contributed by atoms with Crippen molar-refractivity contribution >= 4 is 0 Å². The van der Waals surface area contributed by atoms with E-state index < -0.39 is 0 Å². The van der Waals surface area contributed by atoms with Gasteiger partial charge in [-0.2, -0.15) is 0 Å². The molecular weight excluding hydrogens is 186 g/mol. The van der Waals surface area contributed by atoms with Gasteiger partial charge in [0.2, 0.25) is 0 Å². The number of terminal acetylenes is 1. The summed E-state index contributed by atoms with van der Waals surface area (Å²) in [5.41, 5.74) is 1.18. The third kappa shape index (κ3) is 3.30. The van der Waals surface area contributed by atoms with Crippen LogP contribution in [-0.2, 0) is 0 Å². The van der Waals surface area contributed by atoms with Crippen LogP contribution in [0.25, 0.3) is 0 Å². The molecule has 15 heavy (non-hydrogen) atoms. The fraction of sp³-hybridized carbons (Fsp3) is 0.385. The molecule has 0 aliphatic carbocycles. The summed E-state index contributed by atoms with van der Waals surface area (Å²) < 4.78 is 5.17. The molecule has 1 N–H and O–H groups in total. The van der Waals surface area contributed by atoms with Crippen molar-refractivity contribution in [3.63, 3.8) is 0 Å². The molecule has 2 nitrogen and oxygen atoms in total. The van der Waals surface area contributed by atoms with Crippen molar-refractivity contribution in [3.8, 4) is 18.1 Å². The third-order valence-corrected chi connectivity index (χ3v) is 2.34. The summed E-state index contributed by atoms with van der Waals surface area (Å²) in [4.78, 5) is 0. The highest BCUT2D eigenvalue weighted by molar-refractivity contribution is 5.30. The van der Waals surface area contributed by atoms with Crippen molar-refractivity contribution in [3.05, 3.63) is 29.8 Å². The van der Waals surface area contributed by atoms with Gasteiger partial charge in [0, 0.05) is 6.04 Å². The molecule has 0 aliphatic heterocycles. The molecule has 2 heteroatoms. The second-order valence-electron chi connectivity index (χ2n) is 3.55. The fourth-order valence-corrected chi connectivity index (χ4v) is 1.43. The lowest BCUT2D eigenvalue weighted by Gasteiger charge is -2.17. The zero-order valence-corrected chi connectivity index (χ0v) is 9.45. The lowest BCUT2D eigenvalue weighted by atomic mass is 10.1. The van der Waals surface area contributed by atoms with Gasteiger partial charge >= 0.3 is 0 Å². The summed E-state index contributed by atoms with van der Waals surface area (Å²) in [6.45, 7) is 4.05. The molecule has 1 rings (SSSR count). The first kappa shape index (κ1) is 11.6. The third-order valence-electron chi connectivity index (χ3n) is 2.34. The molecule has 80 valence electrons. The van der Waals surface area contributed by atoms with E-state index in [-0.39, 0.29) is 12.1 Å². The van der Waals surface area contributed by atoms with E-state index in [0.29, 0.717) is 0 Å². The Balaban J connectivity index is 2.73. The number of rotatable bonds is 4. The highest BCUT2D eigenvalue weighted by Crippen LogP contribution is 2.18. The first-order chi connectivity index (χ1) is 7.17. The molecule has 0 saturated heterocycles. The smallest absolute Gasteiger partial charge is 0.119 e. The zero-order chi connectivity index (χ0) is 11.3. The maximum absolute atomic E-state index is 5.32. The number of nitrogens with one attached hydrogen (secondary N) is 1. The maximum atomic E-state index is 5.32. The Hall–Kier alpha value is -1.46. The molecule has 0 aliphatic rings. The Morgan fingerprint density at radius 3 is 2.73 bits per heavy atom. The van der Waals surface area contributed by atoms with Crippen LogP contribution in [0.15, 0.2) is 24.3 Å². The van der Waals surface area contributed by atoms with Gasteiger partial charge in [-0.15, -0.1) is 6.42 Å². The van der Waals surface area contributed by atoms with E-state index in [1.165, 1.54) is 5.56 Å². The molecule has 0 heterocycles. The Morgan fingerprint density at radius 1 is 1.40 bits per heavy atom. The highest BCUT2D eigenvalue weighted by Gasteiger charge is 2.07. The van der Waals surface area contributed by atoms with Gasteiger partial charge in [-0.3, -0.25) is 5.32 Å². The number of ether oxygens (including phenoxy) is 1. The van der Waals surface area contributed by atoms with E-state index in [2.05, 4.69) is 24.2 Å². The number of benzene rings is 1. The number of methoxy groups -OCH3 is 1. The molecule has 0 bridgehead atoms. The van der Waals surface area contributed by atoms with Gasteiger partial charge in [-0.25, -0.2) is 0 Å². The van der Waals surface area contributed by atoms with Crippen molar-refractivity contribution in [2.75, 3.05) is 7.11 Å². The van der Waals surface area contributed by atoms with Crippen LogP contribution in [0.5, 0.6) is 5.75 Å². The van der Waals surface area contributed by atoms with Crippen LogP contribution in [0, 0.1) is 12.3 Å². The minimum absolute atomic E-state index is 0.0752. The second-order valence-corrected chi connectivity index (χ2v) is 3.55. The Morgan fingerprint density at radius 2 is 2.13 bits per heavy atom. The summed E-state index contributed by atoms with van der Waals surface area (Å²) >= 11 is 0. The van der Waals surface area contributed by atoms with E-state index in [4.69, 9.17) is 11.2 Å². The number of hydrogen-bond acceptors (Lipinski definition) is 2. The van der Waals surface area contributed by atoms with Gasteiger partial charge in [-0.05, 0) is 31.5 Å². The first-order valence-electron chi connectivity index (χ1n) is 5.03. The normalized spacial score (nSPS) is 14.0. The van der Waals surface area contributed by atoms with Gasteiger partial charge in [0.15, 0.2) is 0 Å². The van der Waals surface area contributed by atoms with E-state index in [9.17, 15) is 0 Å². The molecule has 1 aromatic carbocycles. The van der Waals surface area contributed by atoms with Gasteiger partial charge in [0.25, 0.3) is 0 Å². The van der Waals surface area contributed by atoms with E-state index in [0.717, 1.165) is 5.75 Å². The van der Waals surface area contributed by atoms with Gasteiger partial charge < -0.3 is 4.74 Å². The number of hydrogen-bond donors (Lipinski definition) is 1. The van der Waals surface area contributed by atoms with E-state index in [1.807, 2.05) is 25.1 Å². The first-order valence-corrected chi connectivity index (χ1v) is 5.03. The van der Waals surface area contributed by atoms with Crippen LogP contribution < -0.4 is 10.1 Å². The summed E-state index contributed by atoms with van der Waals surface area (Å²) in [6, 6.07) is 8.29. The van der Waals surface area contributed by atoms with Crippen LogP contribution in [0.3, 0.4) is 0 Å². The van der Waals surface area contributed by atoms with E-state index in [1.54, 1.807) is 7.11 Å². The Bertz CT molecular complexity index is 354.